The zero-order valence-electron chi connectivity index (χ0n) is 10.3. The number of hydrogen-bond acceptors (Lipinski definition) is 3. The molecule has 0 radical (unpaired) electrons. The van der Waals surface area contributed by atoms with Crippen LogP contribution < -0.4 is 5.32 Å². The second kappa shape index (κ2) is 5.67. The molecule has 1 aromatic rings. The summed E-state index contributed by atoms with van der Waals surface area (Å²) in [5, 5.41) is 12.7. The van der Waals surface area contributed by atoms with Crippen molar-refractivity contribution < 1.29 is 9.90 Å². The van der Waals surface area contributed by atoms with Crippen molar-refractivity contribution in [2.45, 2.75) is 38.3 Å². The van der Waals surface area contributed by atoms with E-state index in [1.165, 1.54) is 12.4 Å². The Morgan fingerprint density at radius 1 is 1.61 bits per heavy atom. The summed E-state index contributed by atoms with van der Waals surface area (Å²) in [6, 6.07) is 1.71. The van der Waals surface area contributed by atoms with E-state index in [9.17, 15) is 9.90 Å². The van der Waals surface area contributed by atoms with Crippen molar-refractivity contribution in [1.29, 1.82) is 0 Å². The summed E-state index contributed by atoms with van der Waals surface area (Å²) in [6.07, 6.45) is 5.20. The SMILES string of the molecule is CC[C@H](NC(=O)c1cncc(Cl)c1)C1CC(O)C1. The fraction of sp³-hybridized carbons (Fsp3) is 0.538. The fourth-order valence-electron chi connectivity index (χ4n) is 2.30. The minimum atomic E-state index is -0.200. The van der Waals surface area contributed by atoms with Crippen molar-refractivity contribution in [1.82, 2.24) is 10.3 Å². The molecule has 98 valence electrons. The van der Waals surface area contributed by atoms with E-state index in [1.54, 1.807) is 6.07 Å². The van der Waals surface area contributed by atoms with Gasteiger partial charge >= 0.3 is 0 Å². The average Bonchev–Trinajstić information content (AvgIpc) is 2.32. The van der Waals surface area contributed by atoms with Crippen LogP contribution in [0.5, 0.6) is 0 Å². The van der Waals surface area contributed by atoms with Gasteiger partial charge in [-0.3, -0.25) is 9.78 Å². The number of aromatic nitrogens is 1. The van der Waals surface area contributed by atoms with Gasteiger partial charge in [0.25, 0.3) is 5.91 Å². The van der Waals surface area contributed by atoms with Crippen LogP contribution in [0.2, 0.25) is 5.02 Å². The number of aliphatic hydroxyl groups is 1. The van der Waals surface area contributed by atoms with Crippen LogP contribution in [0, 0.1) is 5.92 Å². The minimum Gasteiger partial charge on any atom is -0.393 e. The standard InChI is InChI=1S/C13H17ClN2O2/c1-2-12(8-4-11(17)5-8)16-13(18)9-3-10(14)7-15-6-9/h3,6-8,11-12,17H,2,4-5H2,1H3,(H,16,18)/t8?,11?,12-/m0/s1. The molecule has 1 aromatic heterocycles. The van der Waals surface area contributed by atoms with Crippen LogP contribution in [0.1, 0.15) is 36.5 Å². The van der Waals surface area contributed by atoms with E-state index in [1.807, 2.05) is 6.92 Å². The maximum Gasteiger partial charge on any atom is 0.253 e. The molecule has 1 heterocycles. The van der Waals surface area contributed by atoms with Crippen LogP contribution in [0.4, 0.5) is 0 Å². The molecule has 0 unspecified atom stereocenters. The summed E-state index contributed by atoms with van der Waals surface area (Å²) in [6.45, 7) is 2.03. The van der Waals surface area contributed by atoms with Crippen molar-refractivity contribution in [3.63, 3.8) is 0 Å². The number of amides is 1. The summed E-state index contributed by atoms with van der Waals surface area (Å²) in [7, 11) is 0. The molecule has 0 spiro atoms. The maximum atomic E-state index is 12.0. The van der Waals surface area contributed by atoms with E-state index < -0.39 is 0 Å². The first-order valence-corrected chi connectivity index (χ1v) is 6.57. The van der Waals surface area contributed by atoms with Gasteiger partial charge in [0.2, 0.25) is 0 Å². The molecule has 2 rings (SSSR count). The summed E-state index contributed by atoms with van der Waals surface area (Å²) < 4.78 is 0. The number of halogens is 1. The molecule has 0 aromatic carbocycles. The van der Waals surface area contributed by atoms with Gasteiger partial charge < -0.3 is 10.4 Å². The number of hydrogen-bond donors (Lipinski definition) is 2. The summed E-state index contributed by atoms with van der Waals surface area (Å²) in [5.74, 6) is 0.222. The molecule has 2 N–H and O–H groups in total. The summed E-state index contributed by atoms with van der Waals surface area (Å²) in [4.78, 5) is 15.9. The van der Waals surface area contributed by atoms with Gasteiger partial charge in [0.1, 0.15) is 0 Å². The van der Waals surface area contributed by atoms with Gasteiger partial charge in [-0.2, -0.15) is 0 Å². The van der Waals surface area contributed by atoms with Crippen LogP contribution in [-0.2, 0) is 0 Å². The molecule has 0 saturated heterocycles. The third kappa shape index (κ3) is 3.00. The van der Waals surface area contributed by atoms with Gasteiger partial charge in [0.05, 0.1) is 16.7 Å². The number of aliphatic hydroxyl groups excluding tert-OH is 1. The molecule has 1 atom stereocenters. The Morgan fingerprint density at radius 2 is 2.33 bits per heavy atom. The lowest BCUT2D eigenvalue weighted by molar-refractivity contribution is 0.0232. The quantitative estimate of drug-likeness (QED) is 0.878. The van der Waals surface area contributed by atoms with Crippen LogP contribution >= 0.6 is 11.6 Å². The van der Waals surface area contributed by atoms with E-state index in [2.05, 4.69) is 10.3 Å². The lowest BCUT2D eigenvalue weighted by atomic mass is 9.76. The normalized spacial score (nSPS) is 24.2. The van der Waals surface area contributed by atoms with Gasteiger partial charge in [0, 0.05) is 18.4 Å². The first-order chi connectivity index (χ1) is 8.60. The Balaban J connectivity index is 1.97. The molecule has 18 heavy (non-hydrogen) atoms. The lowest BCUT2D eigenvalue weighted by Gasteiger charge is -2.37. The molecule has 5 heteroatoms. The minimum absolute atomic E-state index is 0.111. The number of carbonyl (C=O) groups is 1. The molecule has 4 nitrogen and oxygen atoms in total. The molecule has 0 aliphatic heterocycles. The molecular formula is C13H17ClN2O2. The second-order valence-electron chi connectivity index (χ2n) is 4.77. The molecule has 1 aliphatic rings. The molecule has 0 bridgehead atoms. The van der Waals surface area contributed by atoms with E-state index in [0.29, 0.717) is 16.5 Å². The molecule has 1 aliphatic carbocycles. The Labute approximate surface area is 111 Å². The van der Waals surface area contributed by atoms with Crippen molar-refractivity contribution >= 4 is 17.5 Å². The molecule has 1 fully saturated rings. The largest absolute Gasteiger partial charge is 0.393 e. The van der Waals surface area contributed by atoms with Crippen LogP contribution in [0.25, 0.3) is 0 Å². The van der Waals surface area contributed by atoms with Crippen molar-refractivity contribution in [3.05, 3.63) is 29.0 Å². The van der Waals surface area contributed by atoms with Crippen molar-refractivity contribution in [2.75, 3.05) is 0 Å². The van der Waals surface area contributed by atoms with E-state index >= 15 is 0 Å². The van der Waals surface area contributed by atoms with Gasteiger partial charge in [0.15, 0.2) is 0 Å². The number of nitrogens with one attached hydrogen (secondary N) is 1. The summed E-state index contributed by atoms with van der Waals surface area (Å²) >= 11 is 5.80. The molecular weight excluding hydrogens is 252 g/mol. The number of pyridine rings is 1. The molecule has 1 amide bonds. The van der Waals surface area contributed by atoms with E-state index in [0.717, 1.165) is 19.3 Å². The highest BCUT2D eigenvalue weighted by Gasteiger charge is 2.33. The van der Waals surface area contributed by atoms with Crippen LogP contribution in [0.3, 0.4) is 0 Å². The van der Waals surface area contributed by atoms with Crippen LogP contribution in [-0.4, -0.2) is 28.1 Å². The summed E-state index contributed by atoms with van der Waals surface area (Å²) in [5.41, 5.74) is 0.473. The predicted molar refractivity (Wildman–Crippen MR) is 69.5 cm³/mol. The smallest absolute Gasteiger partial charge is 0.253 e. The predicted octanol–water partition coefficient (Wildman–Crippen LogP) is 2.01. The van der Waals surface area contributed by atoms with Gasteiger partial charge in [-0.05, 0) is 31.2 Å². The Kier molecular flexibility index (Phi) is 4.19. The van der Waals surface area contributed by atoms with Crippen LogP contribution in [0.15, 0.2) is 18.5 Å². The van der Waals surface area contributed by atoms with Gasteiger partial charge in [-0.25, -0.2) is 0 Å². The Morgan fingerprint density at radius 3 is 2.89 bits per heavy atom. The topological polar surface area (TPSA) is 62.2 Å². The number of nitrogens with zero attached hydrogens (tertiary/aromatic N) is 1. The van der Waals surface area contributed by atoms with Crippen molar-refractivity contribution in [2.24, 2.45) is 5.92 Å². The number of carbonyl (C=O) groups excluding carboxylic acids is 1. The second-order valence-corrected chi connectivity index (χ2v) is 5.20. The third-order valence-corrected chi connectivity index (χ3v) is 3.65. The third-order valence-electron chi connectivity index (χ3n) is 3.44. The highest BCUT2D eigenvalue weighted by atomic mass is 35.5. The van der Waals surface area contributed by atoms with Crippen molar-refractivity contribution in [3.8, 4) is 0 Å². The highest BCUT2D eigenvalue weighted by molar-refractivity contribution is 6.30. The highest BCUT2D eigenvalue weighted by Crippen LogP contribution is 2.31. The number of rotatable bonds is 4. The van der Waals surface area contributed by atoms with E-state index in [-0.39, 0.29) is 18.1 Å². The van der Waals surface area contributed by atoms with E-state index in [4.69, 9.17) is 11.6 Å². The fourth-order valence-corrected chi connectivity index (χ4v) is 2.47. The molecule has 1 saturated carbocycles. The maximum absolute atomic E-state index is 12.0. The first kappa shape index (κ1) is 13.3. The van der Waals surface area contributed by atoms with Gasteiger partial charge in [-0.1, -0.05) is 18.5 Å². The first-order valence-electron chi connectivity index (χ1n) is 6.19. The zero-order valence-corrected chi connectivity index (χ0v) is 11.0. The Hall–Kier alpha value is -1.13. The lowest BCUT2D eigenvalue weighted by Crippen LogP contribution is -2.46. The average molecular weight is 269 g/mol. The zero-order chi connectivity index (χ0) is 13.1. The van der Waals surface area contributed by atoms with Gasteiger partial charge in [-0.15, -0.1) is 0 Å². The Bertz CT molecular complexity index is 433. The monoisotopic (exact) mass is 268 g/mol.